The largest absolute Gasteiger partial charge is 0.352 e. The highest BCUT2D eigenvalue weighted by Crippen LogP contribution is 2.12. The molecule has 106 valence electrons. The number of nitrogens with one attached hydrogen (secondary N) is 1. The first-order chi connectivity index (χ1) is 9.65. The van der Waals surface area contributed by atoms with E-state index in [1.165, 1.54) is 10.9 Å². The highest BCUT2D eigenvalue weighted by atomic mass is 32.1. The van der Waals surface area contributed by atoms with Gasteiger partial charge in [0.2, 0.25) is 5.91 Å². The number of halogens is 1. The molecule has 0 unspecified atom stereocenters. The lowest BCUT2D eigenvalue weighted by atomic mass is 10.1. The van der Waals surface area contributed by atoms with Crippen LogP contribution in [0.15, 0.2) is 35.7 Å². The van der Waals surface area contributed by atoms with Crippen molar-refractivity contribution in [3.8, 4) is 0 Å². The number of hydrogen-bond donors (Lipinski definition) is 1. The quantitative estimate of drug-likeness (QED) is 0.861. The third-order valence-electron chi connectivity index (χ3n) is 3.13. The maximum Gasteiger partial charge on any atom is 0.220 e. The normalized spacial score (nSPS) is 10.5. The van der Waals surface area contributed by atoms with Crippen LogP contribution in [0.25, 0.3) is 0 Å². The van der Waals surface area contributed by atoms with Crippen molar-refractivity contribution in [3.63, 3.8) is 0 Å². The van der Waals surface area contributed by atoms with E-state index in [-0.39, 0.29) is 11.7 Å². The van der Waals surface area contributed by atoms with Crippen molar-refractivity contribution in [2.75, 3.05) is 0 Å². The molecule has 0 spiro atoms. The first-order valence-electron chi connectivity index (χ1n) is 6.69. The zero-order valence-electron chi connectivity index (χ0n) is 11.5. The van der Waals surface area contributed by atoms with Crippen LogP contribution in [0.3, 0.4) is 0 Å². The Kier molecular flexibility index (Phi) is 5.30. The second-order valence-corrected chi connectivity index (χ2v) is 5.83. The van der Waals surface area contributed by atoms with E-state index in [2.05, 4.69) is 11.4 Å². The van der Waals surface area contributed by atoms with Gasteiger partial charge in [0.05, 0.1) is 0 Å². The Morgan fingerprint density at radius 2 is 2.20 bits per heavy atom. The molecule has 20 heavy (non-hydrogen) atoms. The summed E-state index contributed by atoms with van der Waals surface area (Å²) in [6.45, 7) is 2.11. The first kappa shape index (κ1) is 14.7. The molecule has 1 aromatic heterocycles. The van der Waals surface area contributed by atoms with E-state index >= 15 is 0 Å². The van der Waals surface area contributed by atoms with Gasteiger partial charge in [0.15, 0.2) is 0 Å². The summed E-state index contributed by atoms with van der Waals surface area (Å²) in [4.78, 5) is 13.0. The Morgan fingerprint density at radius 1 is 1.35 bits per heavy atom. The zero-order valence-corrected chi connectivity index (χ0v) is 12.3. The lowest BCUT2D eigenvalue weighted by Crippen LogP contribution is -2.22. The average molecular weight is 291 g/mol. The monoisotopic (exact) mass is 291 g/mol. The van der Waals surface area contributed by atoms with Gasteiger partial charge in [0.25, 0.3) is 0 Å². The van der Waals surface area contributed by atoms with Crippen molar-refractivity contribution in [2.45, 2.75) is 32.7 Å². The van der Waals surface area contributed by atoms with Crippen molar-refractivity contribution >= 4 is 17.2 Å². The fourth-order valence-electron chi connectivity index (χ4n) is 1.91. The third-order valence-corrected chi connectivity index (χ3v) is 4.07. The summed E-state index contributed by atoms with van der Waals surface area (Å²) in [6, 6.07) is 9.14. The molecule has 1 N–H and O–H groups in total. The molecule has 1 aromatic carbocycles. The van der Waals surface area contributed by atoms with Crippen LogP contribution in [0.1, 0.15) is 28.8 Å². The fraction of sp³-hybridized carbons (Fsp3) is 0.312. The van der Waals surface area contributed by atoms with Crippen LogP contribution >= 0.6 is 11.3 Å². The van der Waals surface area contributed by atoms with Gasteiger partial charge < -0.3 is 5.32 Å². The molecule has 2 nitrogen and oxygen atoms in total. The number of benzene rings is 1. The second kappa shape index (κ2) is 7.20. The van der Waals surface area contributed by atoms with Crippen molar-refractivity contribution in [1.82, 2.24) is 5.32 Å². The van der Waals surface area contributed by atoms with E-state index in [9.17, 15) is 9.18 Å². The molecule has 2 aromatic rings. The zero-order chi connectivity index (χ0) is 14.4. The number of amides is 1. The average Bonchev–Trinajstić information content (AvgIpc) is 2.93. The van der Waals surface area contributed by atoms with Crippen molar-refractivity contribution in [2.24, 2.45) is 0 Å². The Hall–Kier alpha value is -1.68. The number of carbonyl (C=O) groups excluding carboxylic acids is 1. The molecule has 0 aliphatic rings. The predicted octanol–water partition coefficient (Wildman–Crippen LogP) is 3.83. The molecule has 0 saturated carbocycles. The highest BCUT2D eigenvalue weighted by molar-refractivity contribution is 7.09. The van der Waals surface area contributed by atoms with Crippen LogP contribution in [0.2, 0.25) is 0 Å². The summed E-state index contributed by atoms with van der Waals surface area (Å²) in [5, 5.41) is 4.87. The molecule has 0 atom stereocenters. The second-order valence-electron chi connectivity index (χ2n) is 4.79. The lowest BCUT2D eigenvalue weighted by molar-refractivity contribution is -0.121. The molecule has 2 rings (SSSR count). The predicted molar refractivity (Wildman–Crippen MR) is 80.2 cm³/mol. The maximum absolute atomic E-state index is 13.4. The molecule has 0 bridgehead atoms. The van der Waals surface area contributed by atoms with Gasteiger partial charge in [-0.05, 0) is 48.4 Å². The van der Waals surface area contributed by atoms with Crippen LogP contribution in [0.4, 0.5) is 4.39 Å². The number of aryl methyl sites for hydroxylation is 2. The van der Waals surface area contributed by atoms with Crippen LogP contribution in [0.5, 0.6) is 0 Å². The fourth-order valence-corrected chi connectivity index (χ4v) is 2.66. The number of thiophene rings is 1. The van der Waals surface area contributed by atoms with Crippen LogP contribution in [-0.2, 0) is 17.8 Å². The van der Waals surface area contributed by atoms with Crippen molar-refractivity contribution in [3.05, 3.63) is 57.5 Å². The van der Waals surface area contributed by atoms with E-state index in [1.54, 1.807) is 24.3 Å². The van der Waals surface area contributed by atoms with Gasteiger partial charge in [-0.2, -0.15) is 0 Å². The van der Waals surface area contributed by atoms with E-state index in [0.717, 1.165) is 18.4 Å². The van der Waals surface area contributed by atoms with Crippen LogP contribution < -0.4 is 5.32 Å². The van der Waals surface area contributed by atoms with E-state index in [4.69, 9.17) is 0 Å². The summed E-state index contributed by atoms with van der Waals surface area (Å²) in [7, 11) is 0. The summed E-state index contributed by atoms with van der Waals surface area (Å²) >= 11 is 1.71. The summed E-state index contributed by atoms with van der Waals surface area (Å²) < 4.78 is 13.4. The number of rotatable bonds is 6. The first-order valence-corrected chi connectivity index (χ1v) is 7.57. The van der Waals surface area contributed by atoms with Crippen molar-refractivity contribution < 1.29 is 9.18 Å². The minimum Gasteiger partial charge on any atom is -0.352 e. The molecule has 0 aliphatic carbocycles. The summed E-state index contributed by atoms with van der Waals surface area (Å²) in [5.41, 5.74) is 1.41. The van der Waals surface area contributed by atoms with Gasteiger partial charge >= 0.3 is 0 Å². The SMILES string of the molecule is Cc1ccc(CNC(=O)CCCc2cccs2)cc1F. The van der Waals surface area contributed by atoms with Gasteiger partial charge in [-0.1, -0.05) is 18.2 Å². The van der Waals surface area contributed by atoms with Gasteiger partial charge in [-0.25, -0.2) is 4.39 Å². The smallest absolute Gasteiger partial charge is 0.220 e. The third kappa shape index (κ3) is 4.46. The molecule has 4 heteroatoms. The van der Waals surface area contributed by atoms with Crippen molar-refractivity contribution in [1.29, 1.82) is 0 Å². The Bertz CT molecular complexity index is 566. The number of hydrogen-bond acceptors (Lipinski definition) is 2. The van der Waals surface area contributed by atoms with E-state index in [0.29, 0.717) is 18.5 Å². The van der Waals surface area contributed by atoms with Crippen LogP contribution in [0, 0.1) is 12.7 Å². The van der Waals surface area contributed by atoms with Gasteiger partial charge in [0, 0.05) is 17.8 Å². The molecule has 0 fully saturated rings. The van der Waals surface area contributed by atoms with Gasteiger partial charge in [-0.15, -0.1) is 11.3 Å². The van der Waals surface area contributed by atoms with Crippen LogP contribution in [-0.4, -0.2) is 5.91 Å². The molecule has 0 aliphatic heterocycles. The van der Waals surface area contributed by atoms with Gasteiger partial charge in [-0.3, -0.25) is 4.79 Å². The lowest BCUT2D eigenvalue weighted by Gasteiger charge is -2.06. The summed E-state index contributed by atoms with van der Waals surface area (Å²) in [6.07, 6.45) is 2.28. The molecule has 1 heterocycles. The summed E-state index contributed by atoms with van der Waals surface area (Å²) in [5.74, 6) is -0.211. The Balaban J connectivity index is 1.70. The van der Waals surface area contributed by atoms with E-state index < -0.39 is 0 Å². The molecule has 0 radical (unpaired) electrons. The maximum atomic E-state index is 13.4. The van der Waals surface area contributed by atoms with Gasteiger partial charge in [0.1, 0.15) is 5.82 Å². The number of carbonyl (C=O) groups is 1. The molecule has 1 amide bonds. The Morgan fingerprint density at radius 3 is 2.90 bits per heavy atom. The highest BCUT2D eigenvalue weighted by Gasteiger charge is 2.04. The Labute approximate surface area is 122 Å². The molecular formula is C16H18FNOS. The topological polar surface area (TPSA) is 29.1 Å². The molecular weight excluding hydrogens is 273 g/mol. The van der Waals surface area contributed by atoms with E-state index in [1.807, 2.05) is 17.5 Å². The minimum absolute atomic E-state index is 0.0162. The molecule has 0 saturated heterocycles. The standard InChI is InChI=1S/C16H18FNOS/c1-12-7-8-13(10-15(12)17)11-18-16(19)6-2-4-14-5-3-9-20-14/h3,5,7-10H,2,4,6,11H2,1H3,(H,18,19). The minimum atomic E-state index is -0.227.